The smallest absolute Gasteiger partial charge is 0.321 e. The number of amides is 2. The van der Waals surface area contributed by atoms with Gasteiger partial charge in [0, 0.05) is 37.1 Å². The van der Waals surface area contributed by atoms with E-state index in [0.29, 0.717) is 38.3 Å². The van der Waals surface area contributed by atoms with E-state index in [9.17, 15) is 14.3 Å². The van der Waals surface area contributed by atoms with Gasteiger partial charge in [-0.15, -0.1) is 0 Å². The second-order valence-electron chi connectivity index (χ2n) is 6.27. The van der Waals surface area contributed by atoms with Crippen LogP contribution in [0.25, 0.3) is 0 Å². The molecule has 1 aromatic heterocycles. The third kappa shape index (κ3) is 3.94. The van der Waals surface area contributed by atoms with Crippen LogP contribution in [-0.2, 0) is 5.60 Å². The fourth-order valence-electron chi connectivity index (χ4n) is 3.05. The van der Waals surface area contributed by atoms with Crippen molar-refractivity contribution < 1.29 is 19.0 Å². The van der Waals surface area contributed by atoms with Crippen molar-refractivity contribution in [2.45, 2.75) is 25.4 Å². The molecule has 0 spiro atoms. The summed E-state index contributed by atoms with van der Waals surface area (Å²) in [5.74, 6) is -0.129. The molecule has 2 amide bonds. The number of halogens is 1. The molecule has 2 N–H and O–H groups in total. The van der Waals surface area contributed by atoms with Crippen LogP contribution < -0.4 is 10.1 Å². The van der Waals surface area contributed by atoms with Gasteiger partial charge < -0.3 is 20.1 Å². The molecule has 0 radical (unpaired) electrons. The van der Waals surface area contributed by atoms with Crippen LogP contribution in [0.4, 0.5) is 14.9 Å². The van der Waals surface area contributed by atoms with Crippen molar-refractivity contribution in [2.24, 2.45) is 0 Å². The summed E-state index contributed by atoms with van der Waals surface area (Å²) >= 11 is 0. The fraction of sp³-hybridized carbons (Fsp3) is 0.368. The summed E-state index contributed by atoms with van der Waals surface area (Å²) in [6.45, 7) is 3.00. The van der Waals surface area contributed by atoms with E-state index in [1.165, 1.54) is 12.1 Å². The number of urea groups is 1. The minimum Gasteiger partial charge on any atom is -0.494 e. The van der Waals surface area contributed by atoms with Gasteiger partial charge in [-0.05, 0) is 38.0 Å². The number of nitrogens with zero attached hydrogens (tertiary/aromatic N) is 2. The first-order chi connectivity index (χ1) is 12.5. The summed E-state index contributed by atoms with van der Waals surface area (Å²) in [5, 5.41) is 13.4. The summed E-state index contributed by atoms with van der Waals surface area (Å²) < 4.78 is 19.3. The molecule has 26 heavy (non-hydrogen) atoms. The monoisotopic (exact) mass is 359 g/mol. The number of likely N-dealkylation sites (tertiary alicyclic amines) is 1. The highest BCUT2D eigenvalue weighted by Gasteiger charge is 2.35. The van der Waals surface area contributed by atoms with Crippen LogP contribution in [0, 0.1) is 5.82 Å². The Morgan fingerprint density at radius 1 is 1.38 bits per heavy atom. The molecular weight excluding hydrogens is 337 g/mol. The Morgan fingerprint density at radius 3 is 2.77 bits per heavy atom. The molecule has 6 nitrogen and oxygen atoms in total. The average molecular weight is 359 g/mol. The fourth-order valence-corrected chi connectivity index (χ4v) is 3.05. The Kier molecular flexibility index (Phi) is 5.37. The quantitative estimate of drug-likeness (QED) is 0.879. The van der Waals surface area contributed by atoms with Gasteiger partial charge in [-0.3, -0.25) is 4.98 Å². The molecule has 138 valence electrons. The summed E-state index contributed by atoms with van der Waals surface area (Å²) in [4.78, 5) is 18.0. The average Bonchev–Trinajstić information content (AvgIpc) is 2.65. The highest BCUT2D eigenvalue weighted by atomic mass is 19.1. The SMILES string of the molecule is CCOc1ccc(NC(=O)N2CCC(O)(c3cccnc3)CC2)c(F)c1. The molecule has 0 atom stereocenters. The molecule has 2 heterocycles. The van der Waals surface area contributed by atoms with E-state index >= 15 is 0 Å². The standard InChI is InChI=1S/C19H22FN3O3/c1-2-26-15-5-6-17(16(20)12-15)22-18(24)23-10-7-19(25,8-11-23)14-4-3-9-21-13-14/h3-6,9,12-13,25H,2,7-8,10-11H2,1H3,(H,22,24). The van der Waals surface area contributed by atoms with Gasteiger partial charge in [0.1, 0.15) is 11.6 Å². The van der Waals surface area contributed by atoms with E-state index in [4.69, 9.17) is 4.74 Å². The number of rotatable bonds is 4. The predicted octanol–water partition coefficient (Wildman–Crippen LogP) is 3.13. The van der Waals surface area contributed by atoms with Crippen LogP contribution in [0.1, 0.15) is 25.3 Å². The topological polar surface area (TPSA) is 74.7 Å². The first kappa shape index (κ1) is 18.1. The maximum Gasteiger partial charge on any atom is 0.321 e. The molecule has 0 bridgehead atoms. The number of nitrogens with one attached hydrogen (secondary N) is 1. The van der Waals surface area contributed by atoms with Crippen molar-refractivity contribution in [2.75, 3.05) is 25.0 Å². The third-order valence-electron chi connectivity index (χ3n) is 4.57. The van der Waals surface area contributed by atoms with E-state index in [1.807, 2.05) is 13.0 Å². The molecule has 0 saturated carbocycles. The highest BCUT2D eigenvalue weighted by molar-refractivity contribution is 5.89. The van der Waals surface area contributed by atoms with Gasteiger partial charge in [-0.25, -0.2) is 9.18 Å². The van der Waals surface area contributed by atoms with Crippen LogP contribution in [0.2, 0.25) is 0 Å². The van der Waals surface area contributed by atoms with Crippen molar-refractivity contribution in [1.29, 1.82) is 0 Å². The zero-order valence-electron chi connectivity index (χ0n) is 14.6. The summed E-state index contributed by atoms with van der Waals surface area (Å²) in [6, 6.07) is 7.56. The van der Waals surface area contributed by atoms with E-state index in [2.05, 4.69) is 10.3 Å². The number of hydrogen-bond donors (Lipinski definition) is 2. The van der Waals surface area contributed by atoms with Crippen LogP contribution in [-0.4, -0.2) is 40.7 Å². The highest BCUT2D eigenvalue weighted by Crippen LogP contribution is 2.32. The number of pyridine rings is 1. The Labute approximate surface area is 151 Å². The summed E-state index contributed by atoms with van der Waals surface area (Å²) in [6.07, 6.45) is 4.10. The van der Waals surface area contributed by atoms with Crippen molar-refractivity contribution in [3.05, 3.63) is 54.1 Å². The lowest BCUT2D eigenvalue weighted by Crippen LogP contribution is -2.46. The summed E-state index contributed by atoms with van der Waals surface area (Å²) in [7, 11) is 0. The first-order valence-corrected chi connectivity index (χ1v) is 8.63. The number of ether oxygens (including phenoxy) is 1. The zero-order chi connectivity index (χ0) is 18.6. The Bertz CT molecular complexity index is 762. The van der Waals surface area contributed by atoms with Gasteiger partial charge in [0.25, 0.3) is 0 Å². The summed E-state index contributed by atoms with van der Waals surface area (Å²) in [5.41, 5.74) is -0.140. The van der Waals surface area contributed by atoms with Gasteiger partial charge in [0.15, 0.2) is 0 Å². The van der Waals surface area contributed by atoms with Gasteiger partial charge in [0.05, 0.1) is 17.9 Å². The molecule has 0 aliphatic carbocycles. The number of aromatic nitrogens is 1. The maximum atomic E-state index is 14.1. The molecule has 1 aliphatic heterocycles. The van der Waals surface area contributed by atoms with Crippen LogP contribution >= 0.6 is 0 Å². The molecule has 1 aromatic carbocycles. The predicted molar refractivity (Wildman–Crippen MR) is 95.5 cm³/mol. The molecule has 0 unspecified atom stereocenters. The molecule has 3 rings (SSSR count). The molecule has 1 aliphatic rings. The lowest BCUT2D eigenvalue weighted by molar-refractivity contribution is -0.0159. The number of piperidine rings is 1. The number of carbonyl (C=O) groups excluding carboxylic acids is 1. The molecular formula is C19H22FN3O3. The lowest BCUT2D eigenvalue weighted by atomic mass is 9.85. The second kappa shape index (κ2) is 7.70. The lowest BCUT2D eigenvalue weighted by Gasteiger charge is -2.38. The van der Waals surface area contributed by atoms with Crippen LogP contribution in [0.5, 0.6) is 5.75 Å². The molecule has 1 fully saturated rings. The number of anilines is 1. The molecule has 2 aromatic rings. The van der Waals surface area contributed by atoms with Crippen LogP contribution in [0.3, 0.4) is 0 Å². The van der Waals surface area contributed by atoms with Crippen molar-refractivity contribution in [3.8, 4) is 5.75 Å². The molecule has 7 heteroatoms. The Morgan fingerprint density at radius 2 is 2.15 bits per heavy atom. The first-order valence-electron chi connectivity index (χ1n) is 8.63. The maximum absolute atomic E-state index is 14.1. The van der Waals surface area contributed by atoms with E-state index in [1.54, 1.807) is 29.4 Å². The Balaban J connectivity index is 1.60. The number of hydrogen-bond acceptors (Lipinski definition) is 4. The number of benzene rings is 1. The van der Waals surface area contributed by atoms with Gasteiger partial charge >= 0.3 is 6.03 Å². The van der Waals surface area contributed by atoms with Gasteiger partial charge in [-0.2, -0.15) is 0 Å². The molecule has 1 saturated heterocycles. The van der Waals surface area contributed by atoms with Gasteiger partial charge in [0.2, 0.25) is 0 Å². The Hall–Kier alpha value is -2.67. The largest absolute Gasteiger partial charge is 0.494 e. The van der Waals surface area contributed by atoms with Crippen molar-refractivity contribution >= 4 is 11.7 Å². The van der Waals surface area contributed by atoms with E-state index < -0.39 is 11.4 Å². The normalized spacial score (nSPS) is 16.2. The minimum atomic E-state index is -0.991. The second-order valence-corrected chi connectivity index (χ2v) is 6.27. The van der Waals surface area contributed by atoms with Gasteiger partial charge in [-0.1, -0.05) is 6.07 Å². The van der Waals surface area contributed by atoms with Crippen LogP contribution in [0.15, 0.2) is 42.7 Å². The van der Waals surface area contributed by atoms with E-state index in [0.717, 1.165) is 5.56 Å². The number of aliphatic hydroxyl groups is 1. The number of carbonyl (C=O) groups is 1. The third-order valence-corrected chi connectivity index (χ3v) is 4.57. The zero-order valence-corrected chi connectivity index (χ0v) is 14.6. The van der Waals surface area contributed by atoms with Crippen molar-refractivity contribution in [3.63, 3.8) is 0 Å². The van der Waals surface area contributed by atoms with E-state index in [-0.39, 0.29) is 11.7 Å². The van der Waals surface area contributed by atoms with Crippen molar-refractivity contribution in [1.82, 2.24) is 9.88 Å². The minimum absolute atomic E-state index is 0.103.